The van der Waals surface area contributed by atoms with E-state index < -0.39 is 0 Å². The van der Waals surface area contributed by atoms with Gasteiger partial charge in [0.1, 0.15) is 17.3 Å². The standard InChI is InChI=1S/C17H19N3O3S2/c1-10-11(2)25-17-15(10)16(22)18-13(19-17)8-20(14(21)9-23-3)7-12-5-4-6-24-12/h4-6H,7-9H2,1-3H3,(H,18,19,22). The van der Waals surface area contributed by atoms with Crippen LogP contribution in [0.1, 0.15) is 21.1 Å². The summed E-state index contributed by atoms with van der Waals surface area (Å²) >= 11 is 3.08. The predicted molar refractivity (Wildman–Crippen MR) is 100 cm³/mol. The van der Waals surface area contributed by atoms with Crippen LogP contribution in [-0.4, -0.2) is 34.5 Å². The molecule has 132 valence electrons. The Labute approximate surface area is 153 Å². The first-order valence-corrected chi connectivity index (χ1v) is 9.47. The molecule has 0 aliphatic rings. The van der Waals surface area contributed by atoms with E-state index in [2.05, 4.69) is 9.97 Å². The van der Waals surface area contributed by atoms with Gasteiger partial charge in [0.05, 0.1) is 18.5 Å². The second kappa shape index (κ2) is 7.47. The van der Waals surface area contributed by atoms with Gasteiger partial charge in [0.25, 0.3) is 5.56 Å². The Bertz CT molecular complexity index is 944. The second-order valence-corrected chi connectivity index (χ2v) is 7.97. The topological polar surface area (TPSA) is 75.3 Å². The number of carbonyl (C=O) groups excluding carboxylic acids is 1. The van der Waals surface area contributed by atoms with Crippen LogP contribution < -0.4 is 5.56 Å². The van der Waals surface area contributed by atoms with Crippen molar-refractivity contribution >= 4 is 38.8 Å². The van der Waals surface area contributed by atoms with Gasteiger partial charge in [-0.2, -0.15) is 0 Å². The Morgan fingerprint density at radius 2 is 2.16 bits per heavy atom. The van der Waals surface area contributed by atoms with Crippen molar-refractivity contribution in [3.63, 3.8) is 0 Å². The Balaban J connectivity index is 1.91. The maximum absolute atomic E-state index is 12.4. The van der Waals surface area contributed by atoms with Gasteiger partial charge in [0.2, 0.25) is 5.91 Å². The summed E-state index contributed by atoms with van der Waals surface area (Å²) in [5.41, 5.74) is 0.809. The molecular formula is C17H19N3O3S2. The van der Waals surface area contributed by atoms with E-state index in [-0.39, 0.29) is 24.6 Å². The van der Waals surface area contributed by atoms with Gasteiger partial charge in [-0.05, 0) is 30.9 Å². The molecule has 0 aromatic carbocycles. The first-order chi connectivity index (χ1) is 12.0. The fraction of sp³-hybridized carbons (Fsp3) is 0.353. The van der Waals surface area contributed by atoms with Crippen LogP contribution in [0.15, 0.2) is 22.3 Å². The highest BCUT2D eigenvalue weighted by Crippen LogP contribution is 2.26. The van der Waals surface area contributed by atoms with Crippen LogP contribution in [-0.2, 0) is 22.6 Å². The van der Waals surface area contributed by atoms with Crippen molar-refractivity contribution in [3.05, 3.63) is 49.0 Å². The highest BCUT2D eigenvalue weighted by Gasteiger charge is 2.18. The Kier molecular flexibility index (Phi) is 5.31. The number of fused-ring (bicyclic) bond motifs is 1. The first-order valence-electron chi connectivity index (χ1n) is 7.77. The van der Waals surface area contributed by atoms with E-state index in [9.17, 15) is 9.59 Å². The molecule has 0 saturated carbocycles. The van der Waals surface area contributed by atoms with Crippen molar-refractivity contribution in [2.45, 2.75) is 26.9 Å². The summed E-state index contributed by atoms with van der Waals surface area (Å²) in [6.07, 6.45) is 0. The lowest BCUT2D eigenvalue weighted by Gasteiger charge is -2.21. The van der Waals surface area contributed by atoms with Gasteiger partial charge in [-0.3, -0.25) is 9.59 Å². The molecule has 25 heavy (non-hydrogen) atoms. The average Bonchev–Trinajstić information content (AvgIpc) is 3.16. The summed E-state index contributed by atoms with van der Waals surface area (Å²) in [5.74, 6) is 0.344. The van der Waals surface area contributed by atoms with Crippen LogP contribution in [0.25, 0.3) is 10.2 Å². The third-order valence-electron chi connectivity index (χ3n) is 3.98. The minimum Gasteiger partial charge on any atom is -0.375 e. The number of rotatable bonds is 6. The van der Waals surface area contributed by atoms with E-state index in [0.29, 0.717) is 22.6 Å². The van der Waals surface area contributed by atoms with Gasteiger partial charge in [0.15, 0.2) is 0 Å². The Hall–Kier alpha value is -2.03. The molecule has 1 N–H and O–H groups in total. The van der Waals surface area contributed by atoms with Crippen LogP contribution in [0.5, 0.6) is 0 Å². The van der Waals surface area contributed by atoms with Crippen molar-refractivity contribution in [1.29, 1.82) is 0 Å². The number of hydrogen-bond donors (Lipinski definition) is 1. The number of nitrogens with zero attached hydrogens (tertiary/aromatic N) is 2. The molecule has 0 aliphatic carbocycles. The zero-order valence-corrected chi connectivity index (χ0v) is 15.9. The molecule has 3 aromatic rings. The molecule has 3 rings (SSSR count). The minimum absolute atomic E-state index is 0.00489. The van der Waals surface area contributed by atoms with Crippen LogP contribution in [0, 0.1) is 13.8 Å². The highest BCUT2D eigenvalue weighted by atomic mass is 32.1. The normalized spacial score (nSPS) is 11.2. The molecule has 0 bridgehead atoms. The lowest BCUT2D eigenvalue weighted by Crippen LogP contribution is -2.33. The quantitative estimate of drug-likeness (QED) is 0.717. The largest absolute Gasteiger partial charge is 0.375 e. The van der Waals surface area contributed by atoms with E-state index in [1.54, 1.807) is 16.2 Å². The number of nitrogens with one attached hydrogen (secondary N) is 1. The molecule has 3 heterocycles. The molecular weight excluding hydrogens is 358 g/mol. The fourth-order valence-corrected chi connectivity index (χ4v) is 4.36. The van der Waals surface area contributed by atoms with Crippen LogP contribution in [0.3, 0.4) is 0 Å². The molecule has 0 fully saturated rings. The molecule has 8 heteroatoms. The molecule has 6 nitrogen and oxygen atoms in total. The van der Waals surface area contributed by atoms with Crippen molar-refractivity contribution in [1.82, 2.24) is 14.9 Å². The van der Waals surface area contributed by atoms with Crippen molar-refractivity contribution in [3.8, 4) is 0 Å². The Morgan fingerprint density at radius 3 is 2.84 bits per heavy atom. The predicted octanol–water partition coefficient (Wildman–Crippen LogP) is 2.84. The zero-order valence-electron chi connectivity index (χ0n) is 14.3. The van der Waals surface area contributed by atoms with Gasteiger partial charge in [-0.1, -0.05) is 6.07 Å². The highest BCUT2D eigenvalue weighted by molar-refractivity contribution is 7.18. The molecule has 0 unspecified atom stereocenters. The van der Waals surface area contributed by atoms with Crippen molar-refractivity contribution in [2.24, 2.45) is 0 Å². The zero-order chi connectivity index (χ0) is 18.0. The molecule has 0 atom stereocenters. The molecule has 0 spiro atoms. The molecule has 3 aromatic heterocycles. The summed E-state index contributed by atoms with van der Waals surface area (Å²) in [7, 11) is 1.49. The van der Waals surface area contributed by atoms with E-state index >= 15 is 0 Å². The van der Waals surface area contributed by atoms with Gasteiger partial charge in [-0.25, -0.2) is 4.98 Å². The lowest BCUT2D eigenvalue weighted by molar-refractivity contribution is -0.136. The third-order valence-corrected chi connectivity index (χ3v) is 5.94. The van der Waals surface area contributed by atoms with Gasteiger partial charge in [-0.15, -0.1) is 22.7 Å². The monoisotopic (exact) mass is 377 g/mol. The van der Waals surface area contributed by atoms with Crippen LogP contribution in [0.2, 0.25) is 0 Å². The number of ether oxygens (including phenoxy) is 1. The molecule has 0 radical (unpaired) electrons. The minimum atomic E-state index is -0.155. The van der Waals surface area contributed by atoms with Gasteiger partial charge < -0.3 is 14.6 Å². The maximum Gasteiger partial charge on any atom is 0.259 e. The smallest absolute Gasteiger partial charge is 0.259 e. The van der Waals surface area contributed by atoms with E-state index in [1.165, 1.54) is 18.4 Å². The van der Waals surface area contributed by atoms with E-state index in [0.717, 1.165) is 15.3 Å². The number of hydrogen-bond acceptors (Lipinski definition) is 6. The van der Waals surface area contributed by atoms with Crippen LogP contribution in [0.4, 0.5) is 0 Å². The first kappa shape index (κ1) is 17.8. The number of aromatic nitrogens is 2. The lowest BCUT2D eigenvalue weighted by atomic mass is 10.2. The summed E-state index contributed by atoms with van der Waals surface area (Å²) in [4.78, 5) is 36.7. The van der Waals surface area contributed by atoms with Crippen molar-refractivity contribution < 1.29 is 9.53 Å². The summed E-state index contributed by atoms with van der Waals surface area (Å²) in [6.45, 7) is 4.60. The maximum atomic E-state index is 12.4. The van der Waals surface area contributed by atoms with Gasteiger partial charge >= 0.3 is 0 Å². The van der Waals surface area contributed by atoms with Gasteiger partial charge in [0, 0.05) is 16.9 Å². The molecule has 0 saturated heterocycles. The van der Waals surface area contributed by atoms with E-state index in [4.69, 9.17) is 4.74 Å². The number of methoxy groups -OCH3 is 1. The Morgan fingerprint density at radius 1 is 1.36 bits per heavy atom. The van der Waals surface area contributed by atoms with Crippen LogP contribution >= 0.6 is 22.7 Å². The molecule has 0 aliphatic heterocycles. The second-order valence-electron chi connectivity index (χ2n) is 5.74. The number of H-pyrrole nitrogens is 1. The average molecular weight is 377 g/mol. The summed E-state index contributed by atoms with van der Waals surface area (Å²) in [5, 5.41) is 2.61. The third kappa shape index (κ3) is 3.81. The number of thiophene rings is 2. The number of aromatic amines is 1. The summed E-state index contributed by atoms with van der Waals surface area (Å²) in [6, 6.07) is 3.92. The van der Waals surface area contributed by atoms with Crippen molar-refractivity contribution in [2.75, 3.05) is 13.7 Å². The number of amides is 1. The molecule has 1 amide bonds. The fourth-order valence-electron chi connectivity index (χ4n) is 2.59. The van der Waals surface area contributed by atoms with E-state index in [1.807, 2.05) is 31.4 Å². The summed E-state index contributed by atoms with van der Waals surface area (Å²) < 4.78 is 4.98. The SMILES string of the molecule is COCC(=O)N(Cc1nc2sc(C)c(C)c2c(=O)[nH]1)Cc1cccs1. The number of carbonyl (C=O) groups is 1. The number of aryl methyl sites for hydroxylation is 2.